The molecule has 0 radical (unpaired) electrons. The molecule has 1 aliphatic rings. The molecule has 1 heterocycles. The van der Waals surface area contributed by atoms with Crippen LogP contribution in [0.2, 0.25) is 0 Å². The van der Waals surface area contributed by atoms with E-state index in [1.807, 2.05) is 14.1 Å². The Balaban J connectivity index is 1.77. The van der Waals surface area contributed by atoms with E-state index in [9.17, 15) is 5.11 Å². The molecule has 0 spiro atoms. The molecule has 3 rings (SSSR count). The van der Waals surface area contributed by atoms with E-state index in [-0.39, 0.29) is 0 Å². The Morgan fingerprint density at radius 3 is 2.50 bits per heavy atom. The molecule has 2 aromatic rings. The molecule has 1 unspecified atom stereocenters. The second-order valence-electron chi connectivity index (χ2n) is 7.30. The van der Waals surface area contributed by atoms with Crippen LogP contribution >= 0.6 is 0 Å². The van der Waals surface area contributed by atoms with Crippen molar-refractivity contribution < 1.29 is 5.11 Å². The molecule has 2 aromatic carbocycles. The maximum atomic E-state index is 10.9. The molecule has 1 saturated heterocycles. The minimum atomic E-state index is -0.594. The maximum Gasteiger partial charge on any atom is 0.0900 e. The van der Waals surface area contributed by atoms with Crippen LogP contribution in [0.25, 0.3) is 11.1 Å². The minimum absolute atomic E-state index is 0.594. The number of likely N-dealkylation sites (N-methyl/N-ethyl adjacent to an activating group) is 1. The molecule has 0 aliphatic carbocycles. The summed E-state index contributed by atoms with van der Waals surface area (Å²) in [7, 11) is 4.06. The van der Waals surface area contributed by atoms with Gasteiger partial charge in [0, 0.05) is 19.6 Å². The van der Waals surface area contributed by atoms with Crippen molar-refractivity contribution in [3.8, 4) is 11.1 Å². The first kappa shape index (κ1) is 17.2. The van der Waals surface area contributed by atoms with Gasteiger partial charge in [-0.1, -0.05) is 54.6 Å². The maximum absolute atomic E-state index is 10.9. The monoisotopic (exact) mass is 324 g/mol. The molecule has 24 heavy (non-hydrogen) atoms. The van der Waals surface area contributed by atoms with Crippen molar-refractivity contribution in [3.63, 3.8) is 0 Å². The van der Waals surface area contributed by atoms with Gasteiger partial charge in [-0.2, -0.15) is 0 Å². The van der Waals surface area contributed by atoms with Gasteiger partial charge in [0.15, 0.2) is 0 Å². The van der Waals surface area contributed by atoms with Gasteiger partial charge in [-0.05, 0) is 50.2 Å². The summed E-state index contributed by atoms with van der Waals surface area (Å²) in [5.74, 6) is 0. The van der Waals surface area contributed by atoms with Crippen LogP contribution in [0, 0.1) is 0 Å². The third kappa shape index (κ3) is 4.23. The fraction of sp³-hybridized carbons (Fsp3) is 0.429. The average Bonchev–Trinajstić information content (AvgIpc) is 2.55. The van der Waals surface area contributed by atoms with Gasteiger partial charge in [0.2, 0.25) is 0 Å². The Morgan fingerprint density at radius 1 is 1.04 bits per heavy atom. The van der Waals surface area contributed by atoms with Gasteiger partial charge in [-0.3, -0.25) is 4.90 Å². The van der Waals surface area contributed by atoms with Crippen molar-refractivity contribution in [2.45, 2.75) is 25.0 Å². The zero-order valence-corrected chi connectivity index (χ0v) is 14.8. The van der Waals surface area contributed by atoms with Crippen LogP contribution in [0.5, 0.6) is 0 Å². The molecule has 128 valence electrons. The van der Waals surface area contributed by atoms with E-state index in [2.05, 4.69) is 64.4 Å². The summed E-state index contributed by atoms with van der Waals surface area (Å²) in [5.41, 5.74) is 3.29. The van der Waals surface area contributed by atoms with Crippen LogP contribution in [0.15, 0.2) is 54.6 Å². The lowest BCUT2D eigenvalue weighted by atomic mass is 9.91. The predicted octanol–water partition coefficient (Wildman–Crippen LogP) is 3.24. The number of aliphatic hydroxyl groups is 1. The molecular formula is C21H28N2O. The molecule has 3 nitrogen and oxygen atoms in total. The Kier molecular flexibility index (Phi) is 5.34. The smallest absolute Gasteiger partial charge is 0.0900 e. The summed E-state index contributed by atoms with van der Waals surface area (Å²) in [6.07, 6.45) is 1.94. The summed E-state index contributed by atoms with van der Waals surface area (Å²) < 4.78 is 0. The number of rotatable bonds is 5. The van der Waals surface area contributed by atoms with Gasteiger partial charge >= 0.3 is 0 Å². The first-order valence-electron chi connectivity index (χ1n) is 8.79. The molecule has 1 N–H and O–H groups in total. The topological polar surface area (TPSA) is 26.7 Å². The van der Waals surface area contributed by atoms with E-state index < -0.39 is 5.60 Å². The van der Waals surface area contributed by atoms with Gasteiger partial charge in [0.25, 0.3) is 0 Å². The molecule has 1 atom stereocenters. The first-order valence-corrected chi connectivity index (χ1v) is 8.79. The normalized spacial score (nSPS) is 22.0. The summed E-state index contributed by atoms with van der Waals surface area (Å²) >= 11 is 0. The van der Waals surface area contributed by atoms with Gasteiger partial charge in [-0.25, -0.2) is 0 Å². The van der Waals surface area contributed by atoms with Gasteiger partial charge in [0.1, 0.15) is 0 Å². The van der Waals surface area contributed by atoms with Crippen molar-refractivity contribution in [2.75, 3.05) is 33.7 Å². The lowest BCUT2D eigenvalue weighted by Crippen LogP contribution is -2.52. The summed E-state index contributed by atoms with van der Waals surface area (Å²) in [5, 5.41) is 10.9. The Labute approximate surface area is 145 Å². The Hall–Kier alpha value is -1.68. The third-order valence-corrected chi connectivity index (χ3v) is 4.74. The van der Waals surface area contributed by atoms with Gasteiger partial charge in [0.05, 0.1) is 5.60 Å². The van der Waals surface area contributed by atoms with E-state index in [1.165, 1.54) is 16.7 Å². The number of likely N-dealkylation sites (tertiary alicyclic amines) is 1. The summed E-state index contributed by atoms with van der Waals surface area (Å²) in [6.45, 7) is 3.41. The third-order valence-electron chi connectivity index (χ3n) is 4.74. The van der Waals surface area contributed by atoms with Crippen molar-refractivity contribution in [3.05, 3.63) is 60.2 Å². The zero-order chi connectivity index (χ0) is 17.0. The number of piperidine rings is 1. The lowest BCUT2D eigenvalue weighted by Gasteiger charge is -2.40. The van der Waals surface area contributed by atoms with Crippen LogP contribution in [0.4, 0.5) is 0 Å². The van der Waals surface area contributed by atoms with Gasteiger partial charge in [-0.15, -0.1) is 0 Å². The first-order chi connectivity index (χ1) is 11.6. The number of nitrogens with zero attached hydrogens (tertiary/aromatic N) is 2. The van der Waals surface area contributed by atoms with E-state index in [0.717, 1.165) is 39.0 Å². The molecule has 0 saturated carbocycles. The largest absolute Gasteiger partial charge is 0.387 e. The average molecular weight is 324 g/mol. The standard InChI is InChI=1S/C21H28N2O/c1-22(2)16-21(24)13-8-14-23(17-21)15-19-11-6-7-12-20(19)18-9-4-3-5-10-18/h3-7,9-12,24H,8,13-17H2,1-2H3. The van der Waals surface area contributed by atoms with Crippen LogP contribution in [-0.2, 0) is 6.54 Å². The van der Waals surface area contributed by atoms with E-state index >= 15 is 0 Å². The van der Waals surface area contributed by atoms with Crippen LogP contribution in [0.3, 0.4) is 0 Å². The van der Waals surface area contributed by atoms with Gasteiger partial charge < -0.3 is 10.0 Å². The second-order valence-corrected chi connectivity index (χ2v) is 7.30. The van der Waals surface area contributed by atoms with Crippen LogP contribution in [-0.4, -0.2) is 54.2 Å². The molecule has 1 fully saturated rings. The quantitative estimate of drug-likeness (QED) is 0.915. The summed E-state index contributed by atoms with van der Waals surface area (Å²) in [6, 6.07) is 19.2. The Bertz CT molecular complexity index is 656. The SMILES string of the molecule is CN(C)CC1(O)CCCN(Cc2ccccc2-c2ccccc2)C1. The molecule has 1 aliphatic heterocycles. The van der Waals surface area contributed by atoms with Crippen molar-refractivity contribution in [2.24, 2.45) is 0 Å². The van der Waals surface area contributed by atoms with Crippen LogP contribution < -0.4 is 0 Å². The fourth-order valence-electron chi connectivity index (χ4n) is 3.86. The predicted molar refractivity (Wildman–Crippen MR) is 99.9 cm³/mol. The highest BCUT2D eigenvalue weighted by Gasteiger charge is 2.33. The van der Waals surface area contributed by atoms with E-state index in [1.54, 1.807) is 0 Å². The van der Waals surface area contributed by atoms with Crippen molar-refractivity contribution in [1.29, 1.82) is 0 Å². The molecular weight excluding hydrogens is 296 g/mol. The van der Waals surface area contributed by atoms with E-state index in [4.69, 9.17) is 0 Å². The van der Waals surface area contributed by atoms with Crippen molar-refractivity contribution >= 4 is 0 Å². The fourth-order valence-corrected chi connectivity index (χ4v) is 3.86. The molecule has 0 amide bonds. The highest BCUT2D eigenvalue weighted by Crippen LogP contribution is 2.27. The highest BCUT2D eigenvalue weighted by atomic mass is 16.3. The number of hydrogen-bond donors (Lipinski definition) is 1. The highest BCUT2D eigenvalue weighted by molar-refractivity contribution is 5.67. The Morgan fingerprint density at radius 2 is 1.75 bits per heavy atom. The van der Waals surface area contributed by atoms with Crippen LogP contribution in [0.1, 0.15) is 18.4 Å². The minimum Gasteiger partial charge on any atom is -0.387 e. The number of benzene rings is 2. The molecule has 0 bridgehead atoms. The molecule has 0 aromatic heterocycles. The van der Waals surface area contributed by atoms with E-state index in [0.29, 0.717) is 0 Å². The second kappa shape index (κ2) is 7.47. The lowest BCUT2D eigenvalue weighted by molar-refractivity contribution is -0.0479. The summed E-state index contributed by atoms with van der Waals surface area (Å²) in [4.78, 5) is 4.48. The molecule has 3 heteroatoms. The zero-order valence-electron chi connectivity index (χ0n) is 14.8. The van der Waals surface area contributed by atoms with Crippen molar-refractivity contribution in [1.82, 2.24) is 9.80 Å². The number of hydrogen-bond acceptors (Lipinski definition) is 3. The number of β-amino-alcohol motifs (C(OH)–C–C–N with tert-alkyl or cyclic N) is 1.